The molecule has 7 N–H and O–H groups in total. The van der Waals surface area contributed by atoms with Crippen molar-refractivity contribution in [2.45, 2.75) is 37.9 Å². The van der Waals surface area contributed by atoms with E-state index in [1.165, 1.54) is 17.2 Å². The Morgan fingerprint density at radius 3 is 2.44 bits per heavy atom. The summed E-state index contributed by atoms with van der Waals surface area (Å²) < 4.78 is 52.5. The Hall–Kier alpha value is -1.62. The summed E-state index contributed by atoms with van der Waals surface area (Å²) in [5.74, 6) is 0.400. The van der Waals surface area contributed by atoms with Crippen molar-refractivity contribution >= 4 is 40.4 Å². The van der Waals surface area contributed by atoms with Gasteiger partial charge in [0.15, 0.2) is 23.2 Å². The number of hydrogen-bond donors (Lipinski definition) is 7. The summed E-state index contributed by atoms with van der Waals surface area (Å²) in [7, 11) is -16.7. The molecule has 0 aromatic carbocycles. The summed E-state index contributed by atoms with van der Waals surface area (Å²) in [6, 6.07) is 0. The Balaban J connectivity index is 1.69. The van der Waals surface area contributed by atoms with Crippen LogP contribution in [0.5, 0.6) is 0 Å². The minimum absolute atomic E-state index is 0.229. The zero-order valence-electron chi connectivity index (χ0n) is 18.5. The van der Waals surface area contributed by atoms with E-state index in [0.29, 0.717) is 24.3 Å². The van der Waals surface area contributed by atoms with Gasteiger partial charge in [0.2, 0.25) is 0 Å². The van der Waals surface area contributed by atoms with Crippen LogP contribution in [0, 0.1) is 0 Å². The quantitative estimate of drug-likeness (QED) is 0.131. The first kappa shape index (κ1) is 28.9. The van der Waals surface area contributed by atoms with E-state index in [1.807, 2.05) is 6.92 Å². The van der Waals surface area contributed by atoms with Crippen LogP contribution in [0.2, 0.25) is 0 Å². The van der Waals surface area contributed by atoms with Crippen molar-refractivity contribution in [2.24, 2.45) is 0 Å². The first-order valence-electron chi connectivity index (χ1n) is 9.94. The van der Waals surface area contributed by atoms with Crippen LogP contribution in [-0.2, 0) is 31.6 Å². The molecule has 2 unspecified atom stereocenters. The number of fused-ring (bicyclic) bond motifs is 1. The maximum atomic E-state index is 11.9. The lowest BCUT2D eigenvalue weighted by molar-refractivity contribution is -0.0503. The van der Waals surface area contributed by atoms with Crippen molar-refractivity contribution in [3.8, 4) is 0 Å². The van der Waals surface area contributed by atoms with Crippen LogP contribution in [0.4, 0.5) is 5.82 Å². The summed E-state index contributed by atoms with van der Waals surface area (Å²) in [4.78, 5) is 48.3. The highest BCUT2D eigenvalue weighted by Gasteiger charge is 2.47. The Bertz CT molecular complexity index is 1250. The molecule has 18 nitrogen and oxygen atoms in total. The molecule has 0 aliphatic carbocycles. The van der Waals surface area contributed by atoms with E-state index in [0.717, 1.165) is 5.57 Å². The van der Waals surface area contributed by atoms with Gasteiger partial charge >= 0.3 is 23.5 Å². The van der Waals surface area contributed by atoms with Crippen molar-refractivity contribution in [2.75, 3.05) is 18.5 Å². The van der Waals surface area contributed by atoms with E-state index < -0.39 is 54.6 Å². The number of aliphatic hydroxyl groups excluding tert-OH is 2. The molecule has 202 valence electrons. The number of imidazole rings is 1. The highest BCUT2D eigenvalue weighted by atomic mass is 31.3. The predicted octanol–water partition coefficient (Wildman–Crippen LogP) is 0.167. The molecule has 0 bridgehead atoms. The summed E-state index contributed by atoms with van der Waals surface area (Å²) in [5.41, 5.74) is 1.52. The zero-order chi connectivity index (χ0) is 26.9. The highest BCUT2D eigenvalue weighted by Crippen LogP contribution is 2.66. The maximum Gasteiger partial charge on any atom is 0.490 e. The standard InChI is InChI=1S/C15H24N5O13P3/c1-8(2)3-4-16-13-10-14(18-6-17-13)20(7-19-10)15-12(22)11(21)9(31-15)5-30-35(26,27)33-36(28,29)32-34(23,24)25/h6-7,9,11-12,15,21-22H,1,3-5H2,2H3,(H,26,27)(H,28,29)(H,16,17,18)(H2,23,24,25)/t9-,11-,12-,15-/m1/s1. The second kappa shape index (κ2) is 11.0. The van der Waals surface area contributed by atoms with Crippen molar-refractivity contribution in [1.29, 1.82) is 0 Å². The van der Waals surface area contributed by atoms with Crippen LogP contribution in [0.3, 0.4) is 0 Å². The molecule has 1 aliphatic rings. The van der Waals surface area contributed by atoms with Gasteiger partial charge in [-0.1, -0.05) is 5.57 Å². The van der Waals surface area contributed by atoms with E-state index in [-0.39, 0.29) is 5.65 Å². The average molecular weight is 575 g/mol. The molecule has 3 heterocycles. The smallest absolute Gasteiger partial charge is 0.387 e. The van der Waals surface area contributed by atoms with Crippen LogP contribution in [-0.4, -0.2) is 80.8 Å². The van der Waals surface area contributed by atoms with E-state index in [4.69, 9.17) is 14.5 Å². The lowest BCUT2D eigenvalue weighted by atomic mass is 10.1. The van der Waals surface area contributed by atoms with E-state index in [9.17, 15) is 33.7 Å². The molecule has 36 heavy (non-hydrogen) atoms. The van der Waals surface area contributed by atoms with Gasteiger partial charge in [-0.25, -0.2) is 28.6 Å². The number of phosphoric acid groups is 3. The van der Waals surface area contributed by atoms with Crippen molar-refractivity contribution in [3.05, 3.63) is 24.8 Å². The fourth-order valence-corrected chi connectivity index (χ4v) is 6.16. The Labute approximate surface area is 203 Å². The van der Waals surface area contributed by atoms with Crippen LogP contribution in [0.25, 0.3) is 11.2 Å². The molecule has 21 heteroatoms. The third-order valence-corrected chi connectivity index (χ3v) is 8.43. The summed E-state index contributed by atoms with van der Waals surface area (Å²) >= 11 is 0. The molecular weight excluding hydrogens is 551 g/mol. The fourth-order valence-electron chi connectivity index (χ4n) is 3.13. The lowest BCUT2D eigenvalue weighted by Gasteiger charge is -2.19. The van der Waals surface area contributed by atoms with Crippen LogP contribution in [0.15, 0.2) is 24.8 Å². The highest BCUT2D eigenvalue weighted by molar-refractivity contribution is 7.66. The third kappa shape index (κ3) is 7.46. The molecule has 6 atom stereocenters. The molecule has 0 spiro atoms. The lowest BCUT2D eigenvalue weighted by Crippen LogP contribution is -2.33. The first-order chi connectivity index (χ1) is 16.6. The fraction of sp³-hybridized carbons (Fsp3) is 0.533. The minimum atomic E-state index is -5.71. The summed E-state index contributed by atoms with van der Waals surface area (Å²) in [6.07, 6.45) is -2.80. The largest absolute Gasteiger partial charge is 0.490 e. The van der Waals surface area contributed by atoms with E-state index in [2.05, 4.69) is 40.0 Å². The summed E-state index contributed by atoms with van der Waals surface area (Å²) in [6.45, 7) is 5.26. The molecule has 0 saturated carbocycles. The normalized spacial score (nSPS) is 26.0. The SMILES string of the molecule is C=C(C)CCNc1ncnc2c1ncn2[C@@H]1O[C@H](COP(=O)(O)OP(=O)(O)OP(=O)(O)O)[C@@H](O)[C@H]1O. The summed E-state index contributed by atoms with van der Waals surface area (Å²) in [5, 5.41) is 23.9. The average Bonchev–Trinajstić information content (AvgIpc) is 3.26. The molecule has 2 aromatic heterocycles. The van der Waals surface area contributed by atoms with Crippen LogP contribution >= 0.6 is 23.5 Å². The van der Waals surface area contributed by atoms with Crippen LogP contribution in [0.1, 0.15) is 19.6 Å². The monoisotopic (exact) mass is 575 g/mol. The molecule has 0 amide bonds. The van der Waals surface area contributed by atoms with Gasteiger partial charge in [-0.2, -0.15) is 8.62 Å². The van der Waals surface area contributed by atoms with Gasteiger partial charge in [0, 0.05) is 6.54 Å². The van der Waals surface area contributed by atoms with Gasteiger partial charge in [0.25, 0.3) is 0 Å². The van der Waals surface area contributed by atoms with Crippen molar-refractivity contribution in [1.82, 2.24) is 19.5 Å². The molecule has 1 aliphatic heterocycles. The Morgan fingerprint density at radius 2 is 1.81 bits per heavy atom. The van der Waals surface area contributed by atoms with Crippen LogP contribution < -0.4 is 5.32 Å². The number of nitrogens with one attached hydrogen (secondary N) is 1. The van der Waals surface area contributed by atoms with Gasteiger partial charge in [-0.15, -0.1) is 6.58 Å². The molecular formula is C15H24N5O13P3. The van der Waals surface area contributed by atoms with Crippen molar-refractivity contribution < 1.29 is 61.4 Å². The van der Waals surface area contributed by atoms with E-state index in [1.54, 1.807) is 0 Å². The number of hydrogen-bond acceptors (Lipinski definition) is 13. The topological polar surface area (TPSA) is 265 Å². The molecule has 0 radical (unpaired) electrons. The minimum Gasteiger partial charge on any atom is -0.387 e. The maximum absolute atomic E-state index is 11.9. The van der Waals surface area contributed by atoms with Gasteiger partial charge in [-0.3, -0.25) is 9.09 Å². The number of aliphatic hydroxyl groups is 2. The zero-order valence-corrected chi connectivity index (χ0v) is 21.1. The Kier molecular flexibility index (Phi) is 8.85. The first-order valence-corrected chi connectivity index (χ1v) is 14.5. The van der Waals surface area contributed by atoms with Gasteiger partial charge in [0.1, 0.15) is 24.6 Å². The molecule has 3 rings (SSSR count). The number of nitrogens with zero attached hydrogens (tertiary/aromatic N) is 4. The third-order valence-electron chi connectivity index (χ3n) is 4.63. The Morgan fingerprint density at radius 1 is 1.11 bits per heavy atom. The predicted molar refractivity (Wildman–Crippen MR) is 119 cm³/mol. The van der Waals surface area contributed by atoms with Gasteiger partial charge < -0.3 is 39.8 Å². The van der Waals surface area contributed by atoms with Crippen molar-refractivity contribution in [3.63, 3.8) is 0 Å². The molecule has 2 aromatic rings. The second-order valence-corrected chi connectivity index (χ2v) is 12.0. The second-order valence-electron chi connectivity index (χ2n) is 7.61. The number of rotatable bonds is 12. The number of phosphoric ester groups is 1. The van der Waals surface area contributed by atoms with Gasteiger partial charge in [-0.05, 0) is 13.3 Å². The number of aromatic nitrogens is 4. The molecule has 1 saturated heterocycles. The molecule has 1 fully saturated rings. The number of ether oxygens (including phenoxy) is 1. The number of anilines is 1. The van der Waals surface area contributed by atoms with E-state index >= 15 is 0 Å². The van der Waals surface area contributed by atoms with Gasteiger partial charge in [0.05, 0.1) is 12.9 Å².